The summed E-state index contributed by atoms with van der Waals surface area (Å²) in [6.45, 7) is 3.30. The molecule has 2 rings (SSSR count). The summed E-state index contributed by atoms with van der Waals surface area (Å²) in [5.74, 6) is 0.157. The van der Waals surface area contributed by atoms with Crippen LogP contribution in [0.15, 0.2) is 11.8 Å². The monoisotopic (exact) mass is 266 g/mol. The van der Waals surface area contributed by atoms with Crippen molar-refractivity contribution in [3.05, 3.63) is 11.8 Å². The van der Waals surface area contributed by atoms with Gasteiger partial charge in [-0.25, -0.2) is 0 Å². The van der Waals surface area contributed by atoms with Crippen LogP contribution in [-0.4, -0.2) is 43.5 Å². The number of hydrogen-bond donors (Lipinski definition) is 1. The zero-order chi connectivity index (χ0) is 13.9. The fourth-order valence-corrected chi connectivity index (χ4v) is 3.08. The Labute approximate surface area is 114 Å². The van der Waals surface area contributed by atoms with E-state index in [1.54, 1.807) is 7.11 Å². The maximum absolute atomic E-state index is 12.1. The van der Waals surface area contributed by atoms with Crippen LogP contribution >= 0.6 is 0 Å². The normalized spacial score (nSPS) is 26.1. The Morgan fingerprint density at radius 1 is 1.53 bits per heavy atom. The van der Waals surface area contributed by atoms with Crippen LogP contribution < -0.4 is 5.32 Å². The molecule has 1 aliphatic heterocycles. The zero-order valence-electron chi connectivity index (χ0n) is 11.7. The van der Waals surface area contributed by atoms with Gasteiger partial charge in [0.2, 0.25) is 11.8 Å². The first-order valence-corrected chi connectivity index (χ1v) is 6.83. The van der Waals surface area contributed by atoms with Crippen molar-refractivity contribution in [2.45, 2.75) is 32.6 Å². The highest BCUT2D eigenvalue weighted by Gasteiger charge is 2.45. The Bertz CT molecular complexity index is 405. The summed E-state index contributed by atoms with van der Waals surface area (Å²) < 4.78 is 5.08. The largest absolute Gasteiger partial charge is 0.383 e. The smallest absolute Gasteiger partial charge is 0.226 e. The second kappa shape index (κ2) is 5.74. The second-order valence-electron chi connectivity index (χ2n) is 5.36. The van der Waals surface area contributed by atoms with Gasteiger partial charge in [-0.1, -0.05) is 6.08 Å². The predicted octanol–water partition coefficient (Wildman–Crippen LogP) is 1.06. The van der Waals surface area contributed by atoms with E-state index < -0.39 is 0 Å². The van der Waals surface area contributed by atoms with E-state index in [0.29, 0.717) is 26.1 Å². The van der Waals surface area contributed by atoms with Crippen LogP contribution in [0.3, 0.4) is 0 Å². The molecule has 106 valence electrons. The molecule has 0 aromatic carbocycles. The number of fused-ring (bicyclic) bond motifs is 1. The third-order valence-electron chi connectivity index (χ3n) is 4.11. The zero-order valence-corrected chi connectivity index (χ0v) is 11.7. The molecule has 1 N–H and O–H groups in total. The lowest BCUT2D eigenvalue weighted by molar-refractivity contribution is -0.134. The first kappa shape index (κ1) is 14.1. The Morgan fingerprint density at radius 2 is 2.32 bits per heavy atom. The van der Waals surface area contributed by atoms with E-state index >= 15 is 0 Å². The Balaban J connectivity index is 2.14. The van der Waals surface area contributed by atoms with Gasteiger partial charge in [0.05, 0.1) is 6.61 Å². The fourth-order valence-electron chi connectivity index (χ4n) is 3.08. The molecule has 2 aliphatic rings. The highest BCUT2D eigenvalue weighted by atomic mass is 16.5. The predicted molar refractivity (Wildman–Crippen MR) is 71.3 cm³/mol. The minimum Gasteiger partial charge on any atom is -0.383 e. The Hall–Kier alpha value is -1.36. The Kier molecular flexibility index (Phi) is 4.24. The van der Waals surface area contributed by atoms with Gasteiger partial charge in [-0.15, -0.1) is 0 Å². The van der Waals surface area contributed by atoms with Crippen LogP contribution in [0.25, 0.3) is 0 Å². The molecule has 1 saturated heterocycles. The number of ether oxygens (including phenoxy) is 1. The first-order chi connectivity index (χ1) is 9.09. The van der Waals surface area contributed by atoms with E-state index in [0.717, 1.165) is 25.0 Å². The summed E-state index contributed by atoms with van der Waals surface area (Å²) in [4.78, 5) is 25.1. The molecule has 1 aliphatic carbocycles. The number of rotatable bonds is 5. The number of likely N-dealkylation sites (tertiary alicyclic amines) is 1. The fraction of sp³-hybridized carbons (Fsp3) is 0.714. The van der Waals surface area contributed by atoms with Crippen LogP contribution in [0.5, 0.6) is 0 Å². The Morgan fingerprint density at radius 3 is 3.00 bits per heavy atom. The first-order valence-electron chi connectivity index (χ1n) is 6.83. The molecule has 0 saturated carbocycles. The second-order valence-corrected chi connectivity index (χ2v) is 5.36. The average molecular weight is 266 g/mol. The quantitative estimate of drug-likeness (QED) is 0.809. The van der Waals surface area contributed by atoms with Gasteiger partial charge in [0.15, 0.2) is 0 Å². The van der Waals surface area contributed by atoms with Crippen molar-refractivity contribution >= 4 is 11.8 Å². The molecule has 0 aromatic heterocycles. The highest BCUT2D eigenvalue weighted by Crippen LogP contribution is 2.47. The number of allylic oxidation sites excluding steroid dienone is 1. The number of amides is 2. The lowest BCUT2D eigenvalue weighted by Gasteiger charge is -2.42. The van der Waals surface area contributed by atoms with E-state index in [4.69, 9.17) is 4.74 Å². The van der Waals surface area contributed by atoms with Gasteiger partial charge in [0.1, 0.15) is 0 Å². The van der Waals surface area contributed by atoms with Gasteiger partial charge < -0.3 is 15.0 Å². The van der Waals surface area contributed by atoms with Crippen LogP contribution in [0.1, 0.15) is 32.6 Å². The van der Waals surface area contributed by atoms with Crippen LogP contribution in [0.4, 0.5) is 0 Å². The van der Waals surface area contributed by atoms with Crippen molar-refractivity contribution in [3.63, 3.8) is 0 Å². The van der Waals surface area contributed by atoms with E-state index in [9.17, 15) is 9.59 Å². The summed E-state index contributed by atoms with van der Waals surface area (Å²) >= 11 is 0. The molecule has 5 heteroatoms. The summed E-state index contributed by atoms with van der Waals surface area (Å²) in [6, 6.07) is 0. The van der Waals surface area contributed by atoms with E-state index in [2.05, 4.69) is 11.4 Å². The molecule has 19 heavy (non-hydrogen) atoms. The molecule has 1 fully saturated rings. The summed E-state index contributed by atoms with van der Waals surface area (Å²) in [5.41, 5.74) is 1.04. The van der Waals surface area contributed by atoms with Crippen molar-refractivity contribution in [2.24, 2.45) is 5.41 Å². The van der Waals surface area contributed by atoms with E-state index in [1.165, 1.54) is 6.92 Å². The molecule has 1 heterocycles. The topological polar surface area (TPSA) is 58.6 Å². The van der Waals surface area contributed by atoms with Crippen LogP contribution in [0, 0.1) is 5.41 Å². The van der Waals surface area contributed by atoms with Gasteiger partial charge in [-0.05, 0) is 19.3 Å². The number of nitrogens with zero attached hydrogens (tertiary/aromatic N) is 1. The number of nitrogens with one attached hydrogen (secondary N) is 1. The van der Waals surface area contributed by atoms with Gasteiger partial charge >= 0.3 is 0 Å². The molecule has 1 unspecified atom stereocenters. The molecule has 1 atom stereocenters. The average Bonchev–Trinajstić information content (AvgIpc) is 2.80. The van der Waals surface area contributed by atoms with Crippen molar-refractivity contribution in [1.82, 2.24) is 10.2 Å². The van der Waals surface area contributed by atoms with E-state index in [-0.39, 0.29) is 17.2 Å². The molecule has 5 nitrogen and oxygen atoms in total. The van der Waals surface area contributed by atoms with Crippen molar-refractivity contribution in [2.75, 3.05) is 26.8 Å². The lowest BCUT2D eigenvalue weighted by Crippen LogP contribution is -2.48. The standard InChI is InChI=1S/C14H22N2O3/c1-11(17)15-10-14-6-3-4-12(14)16(8-9-19-2)13(18)5-7-14/h4H,3,5-10H2,1-2H3,(H,15,17). The van der Waals surface area contributed by atoms with Crippen molar-refractivity contribution < 1.29 is 14.3 Å². The third kappa shape index (κ3) is 2.81. The number of piperidine rings is 1. The van der Waals surface area contributed by atoms with Crippen molar-refractivity contribution in [1.29, 1.82) is 0 Å². The van der Waals surface area contributed by atoms with Gasteiger partial charge in [0.25, 0.3) is 0 Å². The molecular formula is C14H22N2O3. The van der Waals surface area contributed by atoms with E-state index in [1.807, 2.05) is 4.90 Å². The van der Waals surface area contributed by atoms with Gasteiger partial charge in [-0.2, -0.15) is 0 Å². The van der Waals surface area contributed by atoms with Crippen molar-refractivity contribution in [3.8, 4) is 0 Å². The SMILES string of the molecule is COCCN1C(=O)CCC2(CNC(C)=O)CCC=C12. The minimum absolute atomic E-state index is 0.0130. The number of hydrogen-bond acceptors (Lipinski definition) is 3. The molecule has 0 bridgehead atoms. The highest BCUT2D eigenvalue weighted by molar-refractivity contribution is 5.80. The molecule has 0 radical (unpaired) electrons. The van der Waals surface area contributed by atoms with Gasteiger partial charge in [-0.3, -0.25) is 9.59 Å². The molecular weight excluding hydrogens is 244 g/mol. The maximum Gasteiger partial charge on any atom is 0.226 e. The number of carbonyl (C=O) groups excluding carboxylic acids is 2. The summed E-state index contributed by atoms with van der Waals surface area (Å²) in [6.07, 6.45) is 5.53. The van der Waals surface area contributed by atoms with Gasteiger partial charge in [0, 0.05) is 44.7 Å². The van der Waals surface area contributed by atoms with Crippen LogP contribution in [0.2, 0.25) is 0 Å². The van der Waals surface area contributed by atoms with Crippen LogP contribution in [-0.2, 0) is 14.3 Å². The lowest BCUT2D eigenvalue weighted by atomic mass is 9.76. The molecule has 0 spiro atoms. The number of methoxy groups -OCH3 is 1. The maximum atomic E-state index is 12.1. The molecule has 0 aromatic rings. The number of carbonyl (C=O) groups is 2. The minimum atomic E-state index is -0.0483. The summed E-state index contributed by atoms with van der Waals surface area (Å²) in [7, 11) is 1.64. The molecule has 2 amide bonds. The summed E-state index contributed by atoms with van der Waals surface area (Å²) in [5, 5.41) is 2.92. The third-order valence-corrected chi connectivity index (χ3v) is 4.11.